The predicted octanol–water partition coefficient (Wildman–Crippen LogP) is 1.70. The molecule has 0 radical (unpaired) electrons. The van der Waals surface area contributed by atoms with Crippen LogP contribution in [0, 0.1) is 11.8 Å². The molecule has 1 aliphatic carbocycles. The Bertz CT molecular complexity index is 188. The van der Waals surface area contributed by atoms with Gasteiger partial charge in [0.05, 0.1) is 0 Å². The van der Waals surface area contributed by atoms with Crippen LogP contribution in [0.1, 0.15) is 45.4 Å². The van der Waals surface area contributed by atoms with Gasteiger partial charge in [-0.25, -0.2) is 0 Å². The van der Waals surface area contributed by atoms with Gasteiger partial charge in [0, 0.05) is 19.1 Å². The minimum absolute atomic E-state index is 0.220. The molecule has 0 saturated heterocycles. The van der Waals surface area contributed by atoms with Gasteiger partial charge in [0.2, 0.25) is 5.91 Å². The summed E-state index contributed by atoms with van der Waals surface area (Å²) in [4.78, 5) is 11.7. The highest BCUT2D eigenvalue weighted by atomic mass is 16.3. The molecule has 1 saturated carbocycles. The van der Waals surface area contributed by atoms with E-state index >= 15 is 0 Å². The van der Waals surface area contributed by atoms with E-state index in [0.717, 1.165) is 32.2 Å². The number of hydrogen-bond acceptors (Lipinski definition) is 2. The molecule has 1 rings (SSSR count). The number of aliphatic hydroxyl groups is 1. The van der Waals surface area contributed by atoms with Gasteiger partial charge in [-0.15, -0.1) is 0 Å². The maximum atomic E-state index is 11.7. The van der Waals surface area contributed by atoms with Crippen LogP contribution in [0.25, 0.3) is 0 Å². The molecule has 1 unspecified atom stereocenters. The lowest BCUT2D eigenvalue weighted by molar-refractivity contribution is -0.125. The zero-order valence-corrected chi connectivity index (χ0v) is 9.67. The van der Waals surface area contributed by atoms with Crippen molar-refractivity contribution < 1.29 is 9.90 Å². The lowest BCUT2D eigenvalue weighted by atomic mass is 10.0. The molecule has 0 heterocycles. The third-order valence-corrected chi connectivity index (χ3v) is 3.41. The lowest BCUT2D eigenvalue weighted by Crippen LogP contribution is -2.33. The normalized spacial score (nSPS) is 19.1. The number of carbonyl (C=O) groups is 1. The first-order valence-corrected chi connectivity index (χ1v) is 6.16. The van der Waals surface area contributed by atoms with E-state index in [2.05, 4.69) is 12.2 Å². The molecule has 3 nitrogen and oxygen atoms in total. The molecule has 0 aromatic carbocycles. The predicted molar refractivity (Wildman–Crippen MR) is 60.5 cm³/mol. The lowest BCUT2D eigenvalue weighted by Gasteiger charge is -2.16. The Morgan fingerprint density at radius 1 is 1.47 bits per heavy atom. The van der Waals surface area contributed by atoms with Gasteiger partial charge >= 0.3 is 0 Å². The largest absolute Gasteiger partial charge is 0.396 e. The Balaban J connectivity index is 2.19. The van der Waals surface area contributed by atoms with Crippen LogP contribution in [0.15, 0.2) is 0 Å². The maximum Gasteiger partial charge on any atom is 0.223 e. The minimum atomic E-state index is 0.220. The van der Waals surface area contributed by atoms with E-state index in [0.29, 0.717) is 5.92 Å². The van der Waals surface area contributed by atoms with Gasteiger partial charge in [-0.2, -0.15) is 0 Å². The van der Waals surface area contributed by atoms with Crippen LogP contribution in [0.2, 0.25) is 0 Å². The number of nitrogens with one attached hydrogen (secondary N) is 1. The smallest absolute Gasteiger partial charge is 0.223 e. The summed E-state index contributed by atoms with van der Waals surface area (Å²) < 4.78 is 0. The molecule has 0 spiro atoms. The van der Waals surface area contributed by atoms with Gasteiger partial charge in [-0.1, -0.05) is 26.2 Å². The van der Waals surface area contributed by atoms with E-state index < -0.39 is 0 Å². The Hall–Kier alpha value is -0.570. The van der Waals surface area contributed by atoms with Gasteiger partial charge in [0.1, 0.15) is 0 Å². The molecule has 0 aromatic heterocycles. The van der Waals surface area contributed by atoms with Crippen molar-refractivity contribution in [1.29, 1.82) is 0 Å². The molecule has 1 amide bonds. The van der Waals surface area contributed by atoms with Crippen molar-refractivity contribution in [2.24, 2.45) is 11.8 Å². The van der Waals surface area contributed by atoms with Crippen molar-refractivity contribution >= 4 is 5.91 Å². The van der Waals surface area contributed by atoms with Gasteiger partial charge < -0.3 is 10.4 Å². The van der Waals surface area contributed by atoms with Crippen LogP contribution >= 0.6 is 0 Å². The summed E-state index contributed by atoms with van der Waals surface area (Å²) in [6.45, 7) is 3.05. The molecule has 3 heteroatoms. The summed E-state index contributed by atoms with van der Waals surface area (Å²) in [5.74, 6) is 0.917. The summed E-state index contributed by atoms with van der Waals surface area (Å²) in [5, 5.41) is 11.8. The molecular weight excluding hydrogens is 190 g/mol. The van der Waals surface area contributed by atoms with E-state index in [-0.39, 0.29) is 18.4 Å². The van der Waals surface area contributed by atoms with E-state index in [1.165, 1.54) is 12.8 Å². The van der Waals surface area contributed by atoms with Gasteiger partial charge in [0.15, 0.2) is 0 Å². The highest BCUT2D eigenvalue weighted by Crippen LogP contribution is 2.24. The number of hydrogen-bond donors (Lipinski definition) is 2. The van der Waals surface area contributed by atoms with Crippen LogP contribution in [0.5, 0.6) is 0 Å². The molecule has 15 heavy (non-hydrogen) atoms. The zero-order chi connectivity index (χ0) is 11.1. The molecule has 1 atom stereocenters. The Morgan fingerprint density at radius 2 is 2.13 bits per heavy atom. The van der Waals surface area contributed by atoms with Gasteiger partial charge in [-0.05, 0) is 25.2 Å². The fourth-order valence-corrected chi connectivity index (χ4v) is 2.21. The van der Waals surface area contributed by atoms with Crippen molar-refractivity contribution in [3.63, 3.8) is 0 Å². The van der Waals surface area contributed by atoms with Crippen molar-refractivity contribution in [1.82, 2.24) is 5.32 Å². The highest BCUT2D eigenvalue weighted by Gasteiger charge is 2.22. The summed E-state index contributed by atoms with van der Waals surface area (Å²) in [6.07, 6.45) is 6.33. The second-order valence-electron chi connectivity index (χ2n) is 4.51. The summed E-state index contributed by atoms with van der Waals surface area (Å²) in [5.41, 5.74) is 0. The molecular formula is C12H23NO2. The van der Waals surface area contributed by atoms with E-state index in [4.69, 9.17) is 5.11 Å². The van der Waals surface area contributed by atoms with Crippen LogP contribution in [-0.2, 0) is 4.79 Å². The Labute approximate surface area is 92.3 Å². The SMILES string of the molecule is CCC(CCO)CNC(=O)C1CCCC1. The quantitative estimate of drug-likeness (QED) is 0.705. The Morgan fingerprint density at radius 3 is 2.67 bits per heavy atom. The molecule has 1 aliphatic rings. The summed E-state index contributed by atoms with van der Waals surface area (Å²) in [7, 11) is 0. The minimum Gasteiger partial charge on any atom is -0.396 e. The number of aliphatic hydroxyl groups excluding tert-OH is 1. The van der Waals surface area contributed by atoms with E-state index in [1.54, 1.807) is 0 Å². The molecule has 1 fully saturated rings. The average Bonchev–Trinajstić information content (AvgIpc) is 2.77. The van der Waals surface area contributed by atoms with Crippen LogP contribution in [-0.4, -0.2) is 24.2 Å². The molecule has 88 valence electrons. The van der Waals surface area contributed by atoms with Gasteiger partial charge in [0.25, 0.3) is 0 Å². The standard InChI is InChI=1S/C12H23NO2/c1-2-10(7-8-14)9-13-12(15)11-5-3-4-6-11/h10-11,14H,2-9H2,1H3,(H,13,15). The topological polar surface area (TPSA) is 49.3 Å². The number of amides is 1. The van der Waals surface area contributed by atoms with Crippen LogP contribution in [0.4, 0.5) is 0 Å². The third kappa shape index (κ3) is 4.20. The molecule has 2 N–H and O–H groups in total. The van der Waals surface area contributed by atoms with Crippen molar-refractivity contribution in [3.8, 4) is 0 Å². The molecule has 0 aliphatic heterocycles. The fourth-order valence-electron chi connectivity index (χ4n) is 2.21. The van der Waals surface area contributed by atoms with E-state index in [9.17, 15) is 4.79 Å². The van der Waals surface area contributed by atoms with Crippen molar-refractivity contribution in [2.75, 3.05) is 13.2 Å². The second-order valence-corrected chi connectivity index (χ2v) is 4.51. The first-order chi connectivity index (χ1) is 7.27. The van der Waals surface area contributed by atoms with Gasteiger partial charge in [-0.3, -0.25) is 4.79 Å². The zero-order valence-electron chi connectivity index (χ0n) is 9.67. The molecule has 0 bridgehead atoms. The second kappa shape index (κ2) is 6.83. The van der Waals surface area contributed by atoms with Crippen molar-refractivity contribution in [3.05, 3.63) is 0 Å². The van der Waals surface area contributed by atoms with Crippen LogP contribution in [0.3, 0.4) is 0 Å². The average molecular weight is 213 g/mol. The summed E-state index contributed by atoms with van der Waals surface area (Å²) in [6, 6.07) is 0. The fraction of sp³-hybridized carbons (Fsp3) is 0.917. The first-order valence-electron chi connectivity index (χ1n) is 6.16. The highest BCUT2D eigenvalue weighted by molar-refractivity contribution is 5.78. The van der Waals surface area contributed by atoms with E-state index in [1.807, 2.05) is 0 Å². The summed E-state index contributed by atoms with van der Waals surface area (Å²) >= 11 is 0. The number of carbonyl (C=O) groups excluding carboxylic acids is 1. The Kier molecular flexibility index (Phi) is 5.69. The first kappa shape index (κ1) is 12.5. The maximum absolute atomic E-state index is 11.7. The third-order valence-electron chi connectivity index (χ3n) is 3.41. The van der Waals surface area contributed by atoms with Crippen molar-refractivity contribution in [2.45, 2.75) is 45.4 Å². The molecule has 0 aromatic rings. The monoisotopic (exact) mass is 213 g/mol. The van der Waals surface area contributed by atoms with Crippen LogP contribution < -0.4 is 5.32 Å². The number of rotatable bonds is 6.